The number of rotatable bonds is 4. The Kier molecular flexibility index (Phi) is 3.51. The lowest BCUT2D eigenvalue weighted by atomic mass is 9.94. The minimum Gasteiger partial charge on any atom is -0.481 e. The van der Waals surface area contributed by atoms with Gasteiger partial charge in [0.15, 0.2) is 0 Å². The van der Waals surface area contributed by atoms with E-state index in [1.54, 1.807) is 24.3 Å². The fourth-order valence-corrected chi connectivity index (χ4v) is 1.45. The van der Waals surface area contributed by atoms with Crippen LogP contribution in [0.3, 0.4) is 0 Å². The van der Waals surface area contributed by atoms with Crippen molar-refractivity contribution in [1.82, 2.24) is 0 Å². The molecule has 3 heteroatoms. The van der Waals surface area contributed by atoms with Crippen LogP contribution in [0.15, 0.2) is 24.3 Å². The van der Waals surface area contributed by atoms with Crippen LogP contribution in [-0.4, -0.2) is 11.1 Å². The molecule has 1 aromatic carbocycles. The van der Waals surface area contributed by atoms with Gasteiger partial charge in [0, 0.05) is 5.69 Å². The second-order valence-corrected chi connectivity index (χ2v) is 3.35. The van der Waals surface area contributed by atoms with Crippen molar-refractivity contribution in [2.75, 3.05) is 5.73 Å². The number of hydrogen-bond acceptors (Lipinski definition) is 2. The largest absolute Gasteiger partial charge is 0.481 e. The van der Waals surface area contributed by atoms with E-state index >= 15 is 0 Å². The molecule has 1 aromatic rings. The van der Waals surface area contributed by atoms with E-state index in [2.05, 4.69) is 0 Å². The predicted molar refractivity (Wildman–Crippen MR) is 56.1 cm³/mol. The van der Waals surface area contributed by atoms with Gasteiger partial charge < -0.3 is 10.8 Å². The van der Waals surface area contributed by atoms with Crippen LogP contribution in [0.4, 0.5) is 5.69 Å². The zero-order valence-electron chi connectivity index (χ0n) is 8.23. The SMILES string of the molecule is CCCC(C(=O)O)c1ccc(N)cc1. The first-order valence-corrected chi connectivity index (χ1v) is 4.73. The Morgan fingerprint density at radius 3 is 2.43 bits per heavy atom. The minimum absolute atomic E-state index is 0.402. The molecule has 76 valence electrons. The molecule has 0 amide bonds. The van der Waals surface area contributed by atoms with Gasteiger partial charge in [-0.25, -0.2) is 0 Å². The van der Waals surface area contributed by atoms with Gasteiger partial charge in [0.1, 0.15) is 0 Å². The third-order valence-corrected chi connectivity index (χ3v) is 2.21. The summed E-state index contributed by atoms with van der Waals surface area (Å²) in [7, 11) is 0. The molecular formula is C11H15NO2. The molecule has 0 radical (unpaired) electrons. The molecule has 0 saturated heterocycles. The van der Waals surface area contributed by atoms with Crippen LogP contribution < -0.4 is 5.73 Å². The molecule has 0 aliphatic rings. The molecule has 0 bridgehead atoms. The van der Waals surface area contributed by atoms with Crippen molar-refractivity contribution in [1.29, 1.82) is 0 Å². The number of anilines is 1. The standard InChI is InChI=1S/C11H15NO2/c1-2-3-10(11(13)14)8-4-6-9(12)7-5-8/h4-7,10H,2-3,12H2,1H3,(H,13,14). The molecular weight excluding hydrogens is 178 g/mol. The van der Waals surface area contributed by atoms with Crippen molar-refractivity contribution in [2.45, 2.75) is 25.7 Å². The zero-order chi connectivity index (χ0) is 10.6. The van der Waals surface area contributed by atoms with E-state index in [4.69, 9.17) is 10.8 Å². The van der Waals surface area contributed by atoms with Crippen molar-refractivity contribution in [3.63, 3.8) is 0 Å². The predicted octanol–water partition coefficient (Wildman–Crippen LogP) is 2.24. The quantitative estimate of drug-likeness (QED) is 0.721. The zero-order valence-corrected chi connectivity index (χ0v) is 8.23. The first kappa shape index (κ1) is 10.6. The lowest BCUT2D eigenvalue weighted by Gasteiger charge is -2.11. The lowest BCUT2D eigenvalue weighted by molar-refractivity contribution is -0.139. The summed E-state index contributed by atoms with van der Waals surface area (Å²) < 4.78 is 0. The maximum atomic E-state index is 10.9. The van der Waals surface area contributed by atoms with Crippen molar-refractivity contribution in [3.05, 3.63) is 29.8 Å². The molecule has 0 spiro atoms. The molecule has 3 N–H and O–H groups in total. The number of aliphatic carboxylic acids is 1. The van der Waals surface area contributed by atoms with Crippen LogP contribution in [0.25, 0.3) is 0 Å². The highest BCUT2D eigenvalue weighted by Gasteiger charge is 2.17. The van der Waals surface area contributed by atoms with Crippen LogP contribution in [0.1, 0.15) is 31.2 Å². The maximum absolute atomic E-state index is 10.9. The van der Waals surface area contributed by atoms with Gasteiger partial charge in [-0.1, -0.05) is 25.5 Å². The molecule has 0 aliphatic carbocycles. The Morgan fingerprint density at radius 2 is 2.00 bits per heavy atom. The Bertz CT molecular complexity index is 306. The fraction of sp³-hybridized carbons (Fsp3) is 0.364. The molecule has 1 atom stereocenters. The first-order chi connectivity index (χ1) is 6.65. The molecule has 0 aromatic heterocycles. The van der Waals surface area contributed by atoms with Crippen molar-refractivity contribution < 1.29 is 9.90 Å². The van der Waals surface area contributed by atoms with E-state index in [-0.39, 0.29) is 0 Å². The highest BCUT2D eigenvalue weighted by atomic mass is 16.4. The van der Waals surface area contributed by atoms with Gasteiger partial charge in [-0.15, -0.1) is 0 Å². The summed E-state index contributed by atoms with van der Waals surface area (Å²) in [6, 6.07) is 7.04. The normalized spacial score (nSPS) is 12.4. The Hall–Kier alpha value is -1.51. The van der Waals surface area contributed by atoms with Crippen LogP contribution in [0, 0.1) is 0 Å². The summed E-state index contributed by atoms with van der Waals surface area (Å²) in [6.07, 6.45) is 1.53. The van der Waals surface area contributed by atoms with E-state index in [9.17, 15) is 4.79 Å². The Labute approximate surface area is 83.6 Å². The van der Waals surface area contributed by atoms with Crippen LogP contribution >= 0.6 is 0 Å². The topological polar surface area (TPSA) is 63.3 Å². The number of carboxylic acids is 1. The van der Waals surface area contributed by atoms with E-state index in [0.717, 1.165) is 12.0 Å². The van der Waals surface area contributed by atoms with Gasteiger partial charge in [-0.2, -0.15) is 0 Å². The summed E-state index contributed by atoms with van der Waals surface area (Å²) in [6.45, 7) is 1.98. The van der Waals surface area contributed by atoms with Gasteiger partial charge in [0.25, 0.3) is 0 Å². The monoisotopic (exact) mass is 193 g/mol. The molecule has 0 heterocycles. The third-order valence-electron chi connectivity index (χ3n) is 2.21. The molecule has 3 nitrogen and oxygen atoms in total. The fourth-order valence-electron chi connectivity index (χ4n) is 1.45. The number of carbonyl (C=O) groups is 1. The second-order valence-electron chi connectivity index (χ2n) is 3.35. The van der Waals surface area contributed by atoms with E-state index in [0.29, 0.717) is 12.1 Å². The molecule has 1 rings (SSSR count). The van der Waals surface area contributed by atoms with Crippen molar-refractivity contribution in [3.8, 4) is 0 Å². The second kappa shape index (κ2) is 4.65. The Balaban J connectivity index is 2.87. The van der Waals surface area contributed by atoms with Crippen molar-refractivity contribution in [2.24, 2.45) is 0 Å². The average Bonchev–Trinajstić information content (AvgIpc) is 2.15. The number of nitrogens with two attached hydrogens (primary N) is 1. The van der Waals surface area contributed by atoms with E-state index < -0.39 is 11.9 Å². The highest BCUT2D eigenvalue weighted by molar-refractivity contribution is 5.76. The number of benzene rings is 1. The van der Waals surface area contributed by atoms with Crippen molar-refractivity contribution >= 4 is 11.7 Å². The van der Waals surface area contributed by atoms with Crippen LogP contribution in [0.5, 0.6) is 0 Å². The van der Waals surface area contributed by atoms with Gasteiger partial charge in [0.2, 0.25) is 0 Å². The van der Waals surface area contributed by atoms with Crippen LogP contribution in [-0.2, 0) is 4.79 Å². The summed E-state index contributed by atoms with van der Waals surface area (Å²) in [5, 5.41) is 9.00. The van der Waals surface area contributed by atoms with Gasteiger partial charge in [-0.05, 0) is 24.1 Å². The smallest absolute Gasteiger partial charge is 0.310 e. The highest BCUT2D eigenvalue weighted by Crippen LogP contribution is 2.22. The summed E-state index contributed by atoms with van der Waals surface area (Å²) in [5.41, 5.74) is 7.02. The molecule has 0 fully saturated rings. The van der Waals surface area contributed by atoms with E-state index in [1.807, 2.05) is 6.92 Å². The Morgan fingerprint density at radius 1 is 1.43 bits per heavy atom. The van der Waals surface area contributed by atoms with Gasteiger partial charge in [0.05, 0.1) is 5.92 Å². The maximum Gasteiger partial charge on any atom is 0.310 e. The molecule has 0 saturated carbocycles. The number of hydrogen-bond donors (Lipinski definition) is 2. The summed E-state index contributed by atoms with van der Waals surface area (Å²) in [5.74, 6) is -1.17. The molecule has 0 aliphatic heterocycles. The van der Waals surface area contributed by atoms with Gasteiger partial charge >= 0.3 is 5.97 Å². The number of carboxylic acid groups (broad SMARTS) is 1. The molecule has 1 unspecified atom stereocenters. The minimum atomic E-state index is -0.767. The lowest BCUT2D eigenvalue weighted by Crippen LogP contribution is -2.11. The molecule has 14 heavy (non-hydrogen) atoms. The van der Waals surface area contributed by atoms with Gasteiger partial charge in [-0.3, -0.25) is 4.79 Å². The first-order valence-electron chi connectivity index (χ1n) is 4.73. The summed E-state index contributed by atoms with van der Waals surface area (Å²) >= 11 is 0. The average molecular weight is 193 g/mol. The third kappa shape index (κ3) is 2.49. The number of nitrogen functional groups attached to an aromatic ring is 1. The van der Waals surface area contributed by atoms with E-state index in [1.165, 1.54) is 0 Å². The van der Waals surface area contributed by atoms with Crippen LogP contribution in [0.2, 0.25) is 0 Å². The summed E-state index contributed by atoms with van der Waals surface area (Å²) in [4.78, 5) is 10.9.